The smallest absolute Gasteiger partial charge is 0.267 e. The second-order valence-corrected chi connectivity index (χ2v) is 6.54. The highest BCUT2D eigenvalue weighted by Gasteiger charge is 2.38. The molecule has 4 nitrogen and oxygen atoms in total. The van der Waals surface area contributed by atoms with Gasteiger partial charge in [-0.25, -0.2) is 0 Å². The number of likely N-dealkylation sites (N-methyl/N-ethyl adjacent to an activating group) is 1. The van der Waals surface area contributed by atoms with E-state index in [2.05, 4.69) is 0 Å². The third-order valence-corrected chi connectivity index (χ3v) is 4.26. The summed E-state index contributed by atoms with van der Waals surface area (Å²) in [5, 5.41) is 0.238. The van der Waals surface area contributed by atoms with E-state index in [1.807, 2.05) is 32.9 Å². The molecular weight excluding hydrogens is 286 g/mol. The Labute approximate surface area is 129 Å². The first kappa shape index (κ1) is 15.6. The molecule has 0 bridgehead atoms. The van der Waals surface area contributed by atoms with E-state index in [9.17, 15) is 9.59 Å². The van der Waals surface area contributed by atoms with Crippen LogP contribution in [-0.2, 0) is 9.59 Å². The molecule has 5 heteroatoms. The Hall–Kier alpha value is -1.75. The number of ether oxygens (including phenoxy) is 1. The Morgan fingerprint density at radius 1 is 1.14 bits per heavy atom. The molecule has 0 unspecified atom stereocenters. The summed E-state index contributed by atoms with van der Waals surface area (Å²) in [6.07, 6.45) is 0. The highest BCUT2D eigenvalue weighted by atomic mass is 32.2. The van der Waals surface area contributed by atoms with Gasteiger partial charge >= 0.3 is 0 Å². The second kappa shape index (κ2) is 6.35. The number of carbonyl (C=O) groups is 2. The fraction of sp³-hybridized carbons (Fsp3) is 0.375. The molecule has 2 amide bonds. The lowest BCUT2D eigenvalue weighted by Gasteiger charge is -2.11. The lowest BCUT2D eigenvalue weighted by atomic mass is 10.1. The van der Waals surface area contributed by atoms with E-state index < -0.39 is 0 Å². The molecule has 0 atom stereocenters. The first-order chi connectivity index (χ1) is 9.99. The average molecular weight is 305 g/mol. The Morgan fingerprint density at radius 3 is 2.24 bits per heavy atom. The minimum absolute atomic E-state index is 0.188. The molecule has 0 saturated heterocycles. The summed E-state index contributed by atoms with van der Waals surface area (Å²) >= 11 is 1.44. The number of methoxy groups -OCH3 is 1. The average Bonchev–Trinajstić information content (AvgIpc) is 2.69. The molecule has 2 rings (SSSR count). The summed E-state index contributed by atoms with van der Waals surface area (Å²) in [6.45, 7) is 6.22. The Bertz CT molecular complexity index is 590. The van der Waals surface area contributed by atoms with Crippen LogP contribution in [0, 0.1) is 0 Å². The molecule has 0 spiro atoms. The van der Waals surface area contributed by atoms with Crippen molar-refractivity contribution < 1.29 is 14.3 Å². The zero-order valence-electron chi connectivity index (χ0n) is 12.7. The van der Waals surface area contributed by atoms with Crippen LogP contribution in [0.1, 0.15) is 26.3 Å². The number of imide groups is 1. The highest BCUT2D eigenvalue weighted by molar-refractivity contribution is 8.04. The van der Waals surface area contributed by atoms with Crippen LogP contribution in [0.25, 0.3) is 5.57 Å². The summed E-state index contributed by atoms with van der Waals surface area (Å²) in [5.74, 6) is 0.323. The number of rotatable bonds is 5. The molecular formula is C16H19NO3S. The van der Waals surface area contributed by atoms with Crippen LogP contribution in [0.5, 0.6) is 5.75 Å². The molecule has 0 saturated carbocycles. The van der Waals surface area contributed by atoms with Crippen molar-refractivity contribution in [1.29, 1.82) is 0 Å². The lowest BCUT2D eigenvalue weighted by molar-refractivity contribution is -0.136. The number of benzene rings is 1. The van der Waals surface area contributed by atoms with E-state index in [1.54, 1.807) is 19.2 Å². The van der Waals surface area contributed by atoms with Gasteiger partial charge in [-0.3, -0.25) is 14.5 Å². The van der Waals surface area contributed by atoms with Crippen molar-refractivity contribution >= 4 is 29.1 Å². The number of amides is 2. The molecule has 1 aliphatic heterocycles. The summed E-state index contributed by atoms with van der Waals surface area (Å²) < 4.78 is 5.13. The van der Waals surface area contributed by atoms with Crippen LogP contribution in [0.4, 0.5) is 0 Å². The summed E-state index contributed by atoms with van der Waals surface area (Å²) in [6, 6.07) is 7.23. The van der Waals surface area contributed by atoms with Crippen molar-refractivity contribution in [1.82, 2.24) is 4.90 Å². The Balaban J connectivity index is 2.49. The third-order valence-electron chi connectivity index (χ3n) is 3.17. The first-order valence-electron chi connectivity index (χ1n) is 6.91. The fourth-order valence-corrected chi connectivity index (χ4v) is 3.20. The largest absolute Gasteiger partial charge is 0.497 e. The summed E-state index contributed by atoms with van der Waals surface area (Å²) in [7, 11) is 1.59. The third kappa shape index (κ3) is 2.97. The second-order valence-electron chi connectivity index (χ2n) is 4.95. The van der Waals surface area contributed by atoms with Crippen molar-refractivity contribution in [2.45, 2.75) is 26.0 Å². The Kier molecular flexibility index (Phi) is 4.73. The molecule has 0 N–H and O–H groups in total. The van der Waals surface area contributed by atoms with Crippen LogP contribution < -0.4 is 4.74 Å². The standard InChI is InChI=1S/C16H19NO3S/c1-5-17-15(18)13(14(16(17)19)21-10(2)3)11-6-8-12(20-4)9-7-11/h6-10H,5H2,1-4H3. The van der Waals surface area contributed by atoms with Crippen molar-refractivity contribution in [3.05, 3.63) is 34.7 Å². The predicted molar refractivity (Wildman–Crippen MR) is 85.0 cm³/mol. The number of nitrogens with zero attached hydrogens (tertiary/aromatic N) is 1. The van der Waals surface area contributed by atoms with Gasteiger partial charge in [-0.1, -0.05) is 26.0 Å². The molecule has 0 aromatic heterocycles. The van der Waals surface area contributed by atoms with Gasteiger partial charge in [-0.05, 0) is 24.6 Å². The molecule has 1 aliphatic rings. The molecule has 1 heterocycles. The monoisotopic (exact) mass is 305 g/mol. The van der Waals surface area contributed by atoms with E-state index in [4.69, 9.17) is 4.74 Å². The van der Waals surface area contributed by atoms with Gasteiger partial charge in [-0.2, -0.15) is 0 Å². The van der Waals surface area contributed by atoms with Gasteiger partial charge in [-0.15, -0.1) is 11.8 Å². The van der Waals surface area contributed by atoms with E-state index in [0.29, 0.717) is 17.0 Å². The van der Waals surface area contributed by atoms with E-state index >= 15 is 0 Å². The maximum atomic E-state index is 12.5. The molecule has 0 fully saturated rings. The lowest BCUT2D eigenvalue weighted by Crippen LogP contribution is -2.31. The fourth-order valence-electron chi connectivity index (χ4n) is 2.20. The van der Waals surface area contributed by atoms with E-state index in [-0.39, 0.29) is 17.1 Å². The summed E-state index contributed by atoms with van der Waals surface area (Å²) in [4.78, 5) is 26.7. The zero-order chi connectivity index (χ0) is 15.6. The number of hydrogen-bond donors (Lipinski definition) is 0. The normalized spacial score (nSPS) is 15.4. The molecule has 1 aromatic carbocycles. The predicted octanol–water partition coefficient (Wildman–Crippen LogP) is 2.94. The first-order valence-corrected chi connectivity index (χ1v) is 7.79. The molecule has 0 radical (unpaired) electrons. The van der Waals surface area contributed by atoms with Crippen LogP contribution in [0.2, 0.25) is 0 Å². The van der Waals surface area contributed by atoms with Gasteiger partial charge < -0.3 is 4.74 Å². The molecule has 21 heavy (non-hydrogen) atoms. The van der Waals surface area contributed by atoms with Crippen molar-refractivity contribution in [3.63, 3.8) is 0 Å². The minimum atomic E-state index is -0.212. The van der Waals surface area contributed by atoms with Crippen LogP contribution in [-0.4, -0.2) is 35.6 Å². The van der Waals surface area contributed by atoms with E-state index in [1.165, 1.54) is 16.7 Å². The van der Waals surface area contributed by atoms with Crippen LogP contribution in [0.15, 0.2) is 29.2 Å². The minimum Gasteiger partial charge on any atom is -0.497 e. The van der Waals surface area contributed by atoms with Gasteiger partial charge in [0.25, 0.3) is 11.8 Å². The maximum Gasteiger partial charge on any atom is 0.267 e. The topological polar surface area (TPSA) is 46.6 Å². The maximum absolute atomic E-state index is 12.5. The summed E-state index contributed by atoms with van der Waals surface area (Å²) in [5.41, 5.74) is 1.26. The quantitative estimate of drug-likeness (QED) is 0.785. The number of carbonyl (C=O) groups excluding carboxylic acids is 2. The van der Waals surface area contributed by atoms with Crippen molar-refractivity contribution in [2.75, 3.05) is 13.7 Å². The Morgan fingerprint density at radius 2 is 1.76 bits per heavy atom. The van der Waals surface area contributed by atoms with Gasteiger partial charge in [0, 0.05) is 11.8 Å². The van der Waals surface area contributed by atoms with E-state index in [0.717, 1.165) is 11.3 Å². The number of hydrogen-bond acceptors (Lipinski definition) is 4. The number of thioether (sulfide) groups is 1. The molecule has 0 aliphatic carbocycles. The molecule has 112 valence electrons. The van der Waals surface area contributed by atoms with Gasteiger partial charge in [0.2, 0.25) is 0 Å². The van der Waals surface area contributed by atoms with Crippen molar-refractivity contribution in [2.24, 2.45) is 0 Å². The SMILES string of the molecule is CCN1C(=O)C(SC(C)C)=C(c2ccc(OC)cc2)C1=O. The zero-order valence-corrected chi connectivity index (χ0v) is 13.5. The van der Waals surface area contributed by atoms with Crippen LogP contribution >= 0.6 is 11.8 Å². The van der Waals surface area contributed by atoms with Gasteiger partial charge in [0.1, 0.15) is 5.75 Å². The molecule has 1 aromatic rings. The van der Waals surface area contributed by atoms with Gasteiger partial charge in [0.15, 0.2) is 0 Å². The highest BCUT2D eigenvalue weighted by Crippen LogP contribution is 2.38. The van der Waals surface area contributed by atoms with Crippen LogP contribution in [0.3, 0.4) is 0 Å². The van der Waals surface area contributed by atoms with Crippen molar-refractivity contribution in [3.8, 4) is 5.75 Å². The van der Waals surface area contributed by atoms with Gasteiger partial charge in [0.05, 0.1) is 17.6 Å².